The molecule has 0 fully saturated rings. The van der Waals surface area contributed by atoms with Gasteiger partial charge in [0, 0.05) is 0 Å². The number of carbonyl (C=O) groups is 2. The molecular formula is C12H16INO4. The molecule has 0 saturated heterocycles. The summed E-state index contributed by atoms with van der Waals surface area (Å²) < 4.78 is 11.9. The van der Waals surface area contributed by atoms with Crippen molar-refractivity contribution in [3.8, 4) is 0 Å². The first-order valence-electron chi connectivity index (χ1n) is 5.54. The van der Waals surface area contributed by atoms with Crippen LogP contribution >= 0.6 is 22.6 Å². The highest BCUT2D eigenvalue weighted by Crippen LogP contribution is 2.17. The van der Waals surface area contributed by atoms with Crippen molar-refractivity contribution in [2.75, 3.05) is 6.61 Å². The van der Waals surface area contributed by atoms with Gasteiger partial charge in [0.25, 0.3) is 0 Å². The molecule has 0 saturated carbocycles. The number of aromatic nitrogens is 1. The lowest BCUT2D eigenvalue weighted by atomic mass is 10.2. The number of rotatable bonds is 2. The lowest BCUT2D eigenvalue weighted by molar-refractivity contribution is 0.0446. The van der Waals surface area contributed by atoms with E-state index < -0.39 is 17.7 Å². The molecule has 1 rings (SSSR count). The Kier molecular flexibility index (Phi) is 4.78. The van der Waals surface area contributed by atoms with E-state index >= 15 is 0 Å². The second-order valence-corrected chi connectivity index (χ2v) is 5.68. The molecule has 0 radical (unpaired) electrons. The Balaban J connectivity index is 3.04. The van der Waals surface area contributed by atoms with E-state index in [0.29, 0.717) is 3.70 Å². The molecule has 0 spiro atoms. The summed E-state index contributed by atoms with van der Waals surface area (Å²) in [6.45, 7) is 7.28. The minimum atomic E-state index is -0.615. The van der Waals surface area contributed by atoms with Crippen molar-refractivity contribution in [2.45, 2.75) is 33.3 Å². The van der Waals surface area contributed by atoms with Crippen LogP contribution in [0, 0.1) is 3.70 Å². The molecule has 0 atom stereocenters. The summed E-state index contributed by atoms with van der Waals surface area (Å²) in [5.41, 5.74) is -0.438. The van der Waals surface area contributed by atoms with E-state index in [1.165, 1.54) is 4.57 Å². The molecule has 1 aromatic heterocycles. The molecular weight excluding hydrogens is 349 g/mol. The topological polar surface area (TPSA) is 57.5 Å². The van der Waals surface area contributed by atoms with E-state index in [-0.39, 0.29) is 12.3 Å². The van der Waals surface area contributed by atoms with Crippen molar-refractivity contribution in [1.29, 1.82) is 0 Å². The van der Waals surface area contributed by atoms with Crippen molar-refractivity contribution in [2.24, 2.45) is 0 Å². The van der Waals surface area contributed by atoms with Gasteiger partial charge in [-0.25, -0.2) is 14.2 Å². The van der Waals surface area contributed by atoms with Crippen molar-refractivity contribution < 1.29 is 19.1 Å². The lowest BCUT2D eigenvalue weighted by Crippen LogP contribution is -2.29. The van der Waals surface area contributed by atoms with Gasteiger partial charge in [0.15, 0.2) is 0 Å². The van der Waals surface area contributed by atoms with Gasteiger partial charge in [0.1, 0.15) is 11.3 Å². The maximum Gasteiger partial charge on any atom is 0.420 e. The maximum atomic E-state index is 12.0. The van der Waals surface area contributed by atoms with Crippen LogP contribution in [0.2, 0.25) is 0 Å². The van der Waals surface area contributed by atoms with E-state index in [4.69, 9.17) is 9.47 Å². The summed E-state index contributed by atoms with van der Waals surface area (Å²) in [6, 6.07) is 3.21. The first kappa shape index (κ1) is 15.0. The summed E-state index contributed by atoms with van der Waals surface area (Å²) in [5, 5.41) is 0. The zero-order valence-corrected chi connectivity index (χ0v) is 13.0. The first-order chi connectivity index (χ1) is 8.26. The largest absolute Gasteiger partial charge is 0.461 e. The molecule has 0 bridgehead atoms. The van der Waals surface area contributed by atoms with Crippen molar-refractivity contribution >= 4 is 34.7 Å². The van der Waals surface area contributed by atoms with Gasteiger partial charge < -0.3 is 9.47 Å². The minimum Gasteiger partial charge on any atom is -0.461 e. The third kappa shape index (κ3) is 3.72. The van der Waals surface area contributed by atoms with Crippen LogP contribution in [0.4, 0.5) is 4.79 Å². The van der Waals surface area contributed by atoms with Gasteiger partial charge >= 0.3 is 12.1 Å². The summed E-state index contributed by atoms with van der Waals surface area (Å²) in [4.78, 5) is 23.7. The monoisotopic (exact) mass is 365 g/mol. The Morgan fingerprint density at radius 3 is 2.44 bits per heavy atom. The molecule has 1 heterocycles. The minimum absolute atomic E-state index is 0.176. The second kappa shape index (κ2) is 5.73. The van der Waals surface area contributed by atoms with E-state index in [1.54, 1.807) is 39.8 Å². The Hall–Kier alpha value is -1.05. The van der Waals surface area contributed by atoms with Gasteiger partial charge in [0.2, 0.25) is 0 Å². The van der Waals surface area contributed by atoms with E-state index in [0.717, 1.165) is 0 Å². The average Bonchev–Trinajstić information content (AvgIpc) is 2.58. The highest BCUT2D eigenvalue weighted by atomic mass is 127. The summed E-state index contributed by atoms with van der Waals surface area (Å²) in [7, 11) is 0. The third-order valence-corrected chi connectivity index (χ3v) is 2.74. The quantitative estimate of drug-likeness (QED) is 0.597. The predicted octanol–water partition coefficient (Wildman–Crippen LogP) is 3.05. The van der Waals surface area contributed by atoms with Crippen LogP contribution in [0.15, 0.2) is 12.1 Å². The normalized spacial score (nSPS) is 11.2. The molecule has 0 aromatic carbocycles. The van der Waals surface area contributed by atoms with Gasteiger partial charge in [-0.1, -0.05) is 0 Å². The SMILES string of the molecule is CCOC(=O)c1ccc(I)n1C(=O)OC(C)(C)C. The van der Waals surface area contributed by atoms with Crippen LogP contribution in [-0.2, 0) is 9.47 Å². The number of hydrogen-bond acceptors (Lipinski definition) is 4. The fraction of sp³-hybridized carbons (Fsp3) is 0.500. The smallest absolute Gasteiger partial charge is 0.420 e. The molecule has 1 aromatic rings. The van der Waals surface area contributed by atoms with Gasteiger partial charge in [-0.05, 0) is 62.4 Å². The zero-order chi connectivity index (χ0) is 13.9. The van der Waals surface area contributed by atoms with Gasteiger partial charge in [0.05, 0.1) is 10.3 Å². The fourth-order valence-electron chi connectivity index (χ4n) is 1.27. The average molecular weight is 365 g/mol. The summed E-state index contributed by atoms with van der Waals surface area (Å²) >= 11 is 1.96. The molecule has 100 valence electrons. The van der Waals surface area contributed by atoms with E-state index in [1.807, 2.05) is 22.6 Å². The second-order valence-electron chi connectivity index (χ2n) is 4.58. The van der Waals surface area contributed by atoms with Crippen LogP contribution in [-0.4, -0.2) is 28.8 Å². The molecule has 5 nitrogen and oxygen atoms in total. The van der Waals surface area contributed by atoms with Crippen molar-refractivity contribution in [1.82, 2.24) is 4.57 Å². The van der Waals surface area contributed by atoms with Crippen molar-refractivity contribution in [3.63, 3.8) is 0 Å². The fourth-order valence-corrected chi connectivity index (χ4v) is 1.91. The molecule has 6 heteroatoms. The van der Waals surface area contributed by atoms with Crippen LogP contribution in [0.1, 0.15) is 38.2 Å². The van der Waals surface area contributed by atoms with E-state index in [2.05, 4.69) is 0 Å². The Morgan fingerprint density at radius 1 is 1.33 bits per heavy atom. The maximum absolute atomic E-state index is 12.0. The highest BCUT2D eigenvalue weighted by Gasteiger charge is 2.24. The van der Waals surface area contributed by atoms with E-state index in [9.17, 15) is 9.59 Å². The highest BCUT2D eigenvalue weighted by molar-refractivity contribution is 14.1. The summed E-state index contributed by atoms with van der Waals surface area (Å²) in [6.07, 6.45) is -0.583. The standard InChI is InChI=1S/C12H16INO4/c1-5-17-10(15)8-6-7-9(13)14(8)11(16)18-12(2,3)4/h6-7H,5H2,1-4H3. The molecule has 0 aliphatic carbocycles. The zero-order valence-electron chi connectivity index (χ0n) is 10.8. The Morgan fingerprint density at radius 2 is 1.94 bits per heavy atom. The molecule has 0 aliphatic rings. The first-order valence-corrected chi connectivity index (χ1v) is 6.62. The van der Waals surface area contributed by atoms with Gasteiger partial charge in [-0.15, -0.1) is 0 Å². The Labute approximate surface area is 120 Å². The molecule has 0 N–H and O–H groups in total. The number of carbonyl (C=O) groups excluding carboxylic acids is 2. The third-order valence-electron chi connectivity index (χ3n) is 1.89. The van der Waals surface area contributed by atoms with Crippen LogP contribution in [0.5, 0.6) is 0 Å². The lowest BCUT2D eigenvalue weighted by Gasteiger charge is -2.20. The molecule has 0 aliphatic heterocycles. The van der Waals surface area contributed by atoms with Gasteiger partial charge in [-0.2, -0.15) is 0 Å². The molecule has 0 amide bonds. The Bertz CT molecular complexity index is 459. The summed E-state index contributed by atoms with van der Waals surface area (Å²) in [5.74, 6) is -0.536. The number of ether oxygens (including phenoxy) is 2. The number of halogens is 1. The van der Waals surface area contributed by atoms with Crippen LogP contribution < -0.4 is 0 Å². The number of esters is 1. The number of hydrogen-bond donors (Lipinski definition) is 0. The molecule has 0 unspecified atom stereocenters. The van der Waals surface area contributed by atoms with Crippen molar-refractivity contribution in [3.05, 3.63) is 21.5 Å². The predicted molar refractivity (Wildman–Crippen MR) is 74.7 cm³/mol. The molecule has 18 heavy (non-hydrogen) atoms. The van der Waals surface area contributed by atoms with Gasteiger partial charge in [-0.3, -0.25) is 0 Å². The van der Waals surface area contributed by atoms with Crippen LogP contribution in [0.25, 0.3) is 0 Å². The number of nitrogens with zero attached hydrogens (tertiary/aromatic N) is 1. The van der Waals surface area contributed by atoms with Crippen LogP contribution in [0.3, 0.4) is 0 Å².